The Morgan fingerprint density at radius 1 is 0.828 bits per heavy atom. The van der Waals surface area contributed by atoms with E-state index in [1.165, 1.54) is 18.3 Å². The van der Waals surface area contributed by atoms with E-state index in [-0.39, 0.29) is 11.4 Å². The summed E-state index contributed by atoms with van der Waals surface area (Å²) >= 11 is 5.91. The third-order valence-electron chi connectivity index (χ3n) is 5.06. The van der Waals surface area contributed by atoms with Gasteiger partial charge in [-0.05, 0) is 24.3 Å². The molecule has 1 aromatic heterocycles. The minimum absolute atomic E-state index is 0.0159. The van der Waals surface area contributed by atoms with E-state index in [0.29, 0.717) is 42.3 Å². The molecule has 0 radical (unpaired) electrons. The van der Waals surface area contributed by atoms with Crippen LogP contribution < -0.4 is 9.80 Å². The summed E-state index contributed by atoms with van der Waals surface area (Å²) in [6.07, 6.45) is 3.12. The fraction of sp³-hybridized carbons (Fsp3) is 0.211. The summed E-state index contributed by atoms with van der Waals surface area (Å²) in [7, 11) is 0. The number of pyridine rings is 1. The average Bonchev–Trinajstić information content (AvgIpc) is 2.73. The van der Waals surface area contributed by atoms with Crippen molar-refractivity contribution >= 4 is 45.1 Å². The summed E-state index contributed by atoms with van der Waals surface area (Å²) in [5.74, 6) is 0. The SMILES string of the molecule is O=[N+]([O-])c1cc(Cl)ccc1N1CCN(c2ccc([N+](=O)[O-])c3cnccc23)CC1. The van der Waals surface area contributed by atoms with E-state index >= 15 is 0 Å². The van der Waals surface area contributed by atoms with Crippen LogP contribution in [0.5, 0.6) is 0 Å². The third kappa shape index (κ3) is 3.52. The minimum atomic E-state index is -0.426. The molecule has 0 atom stereocenters. The molecule has 0 spiro atoms. The number of benzene rings is 2. The maximum atomic E-state index is 11.4. The highest BCUT2D eigenvalue weighted by Gasteiger charge is 2.25. The van der Waals surface area contributed by atoms with E-state index in [0.717, 1.165) is 11.1 Å². The zero-order valence-corrected chi connectivity index (χ0v) is 16.0. The highest BCUT2D eigenvalue weighted by molar-refractivity contribution is 6.30. The maximum Gasteiger partial charge on any atom is 0.294 e. The Bertz CT molecular complexity index is 1110. The molecule has 4 rings (SSSR count). The standard InChI is InChI=1S/C19H16ClN5O4/c20-13-1-2-18(19(11-13)25(28)29)23-9-7-22(8-10-23)16-3-4-17(24(26)27)15-12-21-6-5-14(15)16/h1-6,11-12H,7-10H2. The summed E-state index contributed by atoms with van der Waals surface area (Å²) in [5, 5.41) is 24.3. The van der Waals surface area contributed by atoms with Gasteiger partial charge in [-0.1, -0.05) is 11.6 Å². The number of nitrogens with zero attached hydrogens (tertiary/aromatic N) is 5. The molecular formula is C19H16ClN5O4. The number of nitro groups is 2. The molecule has 1 saturated heterocycles. The van der Waals surface area contributed by atoms with Crippen molar-refractivity contribution in [2.75, 3.05) is 36.0 Å². The van der Waals surface area contributed by atoms with Crippen molar-refractivity contribution in [1.82, 2.24) is 4.98 Å². The van der Waals surface area contributed by atoms with E-state index in [4.69, 9.17) is 11.6 Å². The highest BCUT2D eigenvalue weighted by atomic mass is 35.5. The van der Waals surface area contributed by atoms with Crippen molar-refractivity contribution in [3.63, 3.8) is 0 Å². The molecule has 1 aliphatic rings. The van der Waals surface area contributed by atoms with Gasteiger partial charge >= 0.3 is 0 Å². The maximum absolute atomic E-state index is 11.4. The first kappa shape index (κ1) is 18.9. The van der Waals surface area contributed by atoms with Gasteiger partial charge in [0.15, 0.2) is 0 Å². The van der Waals surface area contributed by atoms with Crippen LogP contribution in [0.3, 0.4) is 0 Å². The van der Waals surface area contributed by atoms with Gasteiger partial charge in [-0.15, -0.1) is 0 Å². The predicted octanol–water partition coefficient (Wildman–Crippen LogP) is 4.03. The van der Waals surface area contributed by atoms with E-state index in [9.17, 15) is 20.2 Å². The summed E-state index contributed by atoms with van der Waals surface area (Å²) in [5.41, 5.74) is 1.43. The Kier molecular flexibility index (Phi) is 4.89. The first-order chi connectivity index (χ1) is 14.0. The van der Waals surface area contributed by atoms with Gasteiger partial charge in [0.1, 0.15) is 5.69 Å². The van der Waals surface area contributed by atoms with E-state index in [1.807, 2.05) is 4.90 Å². The van der Waals surface area contributed by atoms with Gasteiger partial charge in [-0.25, -0.2) is 0 Å². The van der Waals surface area contributed by atoms with Gasteiger partial charge in [-0.2, -0.15) is 0 Å². The number of aromatic nitrogens is 1. The Morgan fingerprint density at radius 2 is 1.45 bits per heavy atom. The van der Waals surface area contributed by atoms with Crippen molar-refractivity contribution in [2.24, 2.45) is 0 Å². The molecule has 2 heterocycles. The number of halogens is 1. The molecule has 0 aliphatic carbocycles. The van der Waals surface area contributed by atoms with Crippen molar-refractivity contribution in [2.45, 2.75) is 0 Å². The largest absolute Gasteiger partial charge is 0.367 e. The number of fused-ring (bicyclic) bond motifs is 1. The second-order valence-corrected chi connectivity index (χ2v) is 7.08. The minimum Gasteiger partial charge on any atom is -0.367 e. The molecule has 10 heteroatoms. The molecular weight excluding hydrogens is 398 g/mol. The lowest BCUT2D eigenvalue weighted by atomic mass is 10.1. The normalized spacial score (nSPS) is 14.2. The van der Waals surface area contributed by atoms with Crippen molar-refractivity contribution in [3.8, 4) is 0 Å². The molecule has 1 aliphatic heterocycles. The first-order valence-corrected chi connectivity index (χ1v) is 9.28. The summed E-state index contributed by atoms with van der Waals surface area (Å²) in [6.45, 7) is 2.39. The van der Waals surface area contributed by atoms with Crippen LogP contribution in [0.2, 0.25) is 5.02 Å². The van der Waals surface area contributed by atoms with Gasteiger partial charge in [0.25, 0.3) is 11.4 Å². The lowest BCUT2D eigenvalue weighted by Crippen LogP contribution is -2.46. The zero-order chi connectivity index (χ0) is 20.5. The quantitative estimate of drug-likeness (QED) is 0.469. The number of hydrogen-bond acceptors (Lipinski definition) is 7. The molecule has 0 N–H and O–H groups in total. The Labute approximate surface area is 170 Å². The molecule has 0 unspecified atom stereocenters. The van der Waals surface area contributed by atoms with Crippen molar-refractivity contribution in [3.05, 3.63) is 74.0 Å². The Morgan fingerprint density at radius 3 is 2.10 bits per heavy atom. The van der Waals surface area contributed by atoms with E-state index in [2.05, 4.69) is 9.88 Å². The molecule has 3 aromatic rings. The summed E-state index contributed by atoms with van der Waals surface area (Å²) < 4.78 is 0. The van der Waals surface area contributed by atoms with Gasteiger partial charge in [0, 0.05) is 66.8 Å². The Hall–Kier alpha value is -3.46. The lowest BCUT2D eigenvalue weighted by molar-refractivity contribution is -0.384. The molecule has 0 saturated carbocycles. The van der Waals surface area contributed by atoms with Crippen molar-refractivity contribution < 1.29 is 9.85 Å². The second-order valence-electron chi connectivity index (χ2n) is 6.65. The molecule has 148 valence electrons. The molecule has 0 bridgehead atoms. The predicted molar refractivity (Wildman–Crippen MR) is 111 cm³/mol. The molecule has 2 aromatic carbocycles. The number of nitro benzene ring substituents is 2. The van der Waals surface area contributed by atoms with Crippen LogP contribution in [0, 0.1) is 20.2 Å². The summed E-state index contributed by atoms with van der Waals surface area (Å²) in [4.78, 5) is 30.0. The van der Waals surface area contributed by atoms with Crippen LogP contribution in [0.25, 0.3) is 10.8 Å². The number of hydrogen-bond donors (Lipinski definition) is 0. The third-order valence-corrected chi connectivity index (χ3v) is 5.30. The zero-order valence-electron chi connectivity index (χ0n) is 15.2. The van der Waals surface area contributed by atoms with Gasteiger partial charge in [0.05, 0.1) is 15.2 Å². The van der Waals surface area contributed by atoms with Crippen LogP contribution >= 0.6 is 11.6 Å². The molecule has 29 heavy (non-hydrogen) atoms. The number of rotatable bonds is 4. The van der Waals surface area contributed by atoms with Gasteiger partial charge in [0.2, 0.25) is 0 Å². The van der Waals surface area contributed by atoms with E-state index < -0.39 is 9.85 Å². The average molecular weight is 414 g/mol. The number of non-ortho nitro benzene ring substituents is 1. The molecule has 0 amide bonds. The van der Waals surface area contributed by atoms with Crippen LogP contribution in [0.15, 0.2) is 48.8 Å². The monoisotopic (exact) mass is 413 g/mol. The van der Waals surface area contributed by atoms with Crippen LogP contribution in [0.4, 0.5) is 22.7 Å². The topological polar surface area (TPSA) is 106 Å². The first-order valence-electron chi connectivity index (χ1n) is 8.90. The van der Waals surface area contributed by atoms with Crippen LogP contribution in [-0.2, 0) is 0 Å². The van der Waals surface area contributed by atoms with Gasteiger partial charge < -0.3 is 9.80 Å². The van der Waals surface area contributed by atoms with Crippen LogP contribution in [-0.4, -0.2) is 41.0 Å². The van der Waals surface area contributed by atoms with Crippen molar-refractivity contribution in [1.29, 1.82) is 0 Å². The van der Waals surface area contributed by atoms with Gasteiger partial charge in [-0.3, -0.25) is 25.2 Å². The Balaban J connectivity index is 1.61. The second kappa shape index (κ2) is 7.51. The molecule has 9 nitrogen and oxygen atoms in total. The summed E-state index contributed by atoms with van der Waals surface area (Å²) in [6, 6.07) is 9.70. The van der Waals surface area contributed by atoms with E-state index in [1.54, 1.807) is 30.5 Å². The fourth-order valence-electron chi connectivity index (χ4n) is 3.69. The number of anilines is 2. The highest BCUT2D eigenvalue weighted by Crippen LogP contribution is 2.35. The lowest BCUT2D eigenvalue weighted by Gasteiger charge is -2.37. The molecule has 1 fully saturated rings. The smallest absolute Gasteiger partial charge is 0.294 e. The number of piperazine rings is 1. The van der Waals surface area contributed by atoms with Crippen LogP contribution in [0.1, 0.15) is 0 Å². The fourth-order valence-corrected chi connectivity index (χ4v) is 3.86.